The highest BCUT2D eigenvalue weighted by atomic mass is 35.5. The van der Waals surface area contributed by atoms with Crippen molar-refractivity contribution >= 4 is 39.6 Å². The highest BCUT2D eigenvalue weighted by Gasteiger charge is 2.34. The maximum atomic E-state index is 12.9. The fourth-order valence-corrected chi connectivity index (χ4v) is 4.20. The summed E-state index contributed by atoms with van der Waals surface area (Å²) in [6.45, 7) is 0. The molecule has 3 aromatic heterocycles. The van der Waals surface area contributed by atoms with E-state index in [1.165, 1.54) is 6.20 Å². The molecule has 33 heavy (non-hydrogen) atoms. The molecule has 164 valence electrons. The van der Waals surface area contributed by atoms with Crippen molar-refractivity contribution < 1.29 is 0 Å². The molecule has 9 heteroatoms. The van der Waals surface area contributed by atoms with Crippen LogP contribution in [-0.4, -0.2) is 19.5 Å². The van der Waals surface area contributed by atoms with Crippen molar-refractivity contribution in [2.75, 3.05) is 10.6 Å². The minimum absolute atomic E-state index is 0.0812. The summed E-state index contributed by atoms with van der Waals surface area (Å²) in [4.78, 5) is 25.8. The van der Waals surface area contributed by atoms with E-state index in [9.17, 15) is 10.1 Å². The lowest BCUT2D eigenvalue weighted by molar-refractivity contribution is 0.634. The number of nitrogens with zero attached hydrogens (tertiary/aromatic N) is 5. The normalized spacial score (nSPS) is 14.0. The topological polar surface area (TPSA) is 109 Å². The van der Waals surface area contributed by atoms with E-state index in [0.717, 1.165) is 23.9 Å². The Morgan fingerprint density at radius 3 is 2.61 bits per heavy atom. The number of benzene rings is 1. The van der Waals surface area contributed by atoms with Gasteiger partial charge < -0.3 is 15.2 Å². The van der Waals surface area contributed by atoms with E-state index < -0.39 is 0 Å². The smallest absolute Gasteiger partial charge is 0.252 e. The van der Waals surface area contributed by atoms with Gasteiger partial charge in [0.2, 0.25) is 0 Å². The quantitative estimate of drug-likeness (QED) is 0.408. The summed E-state index contributed by atoms with van der Waals surface area (Å²) in [6, 6.07) is 12.8. The van der Waals surface area contributed by atoms with E-state index in [1.54, 1.807) is 42.2 Å². The minimum Gasteiger partial charge on any atom is -0.374 e. The van der Waals surface area contributed by atoms with Gasteiger partial charge in [-0.05, 0) is 37.0 Å². The molecule has 0 bridgehead atoms. The molecule has 1 saturated carbocycles. The third-order valence-electron chi connectivity index (χ3n) is 5.81. The number of aromatic nitrogens is 4. The first-order valence-corrected chi connectivity index (χ1v) is 10.9. The van der Waals surface area contributed by atoms with Crippen molar-refractivity contribution in [2.24, 2.45) is 13.0 Å². The summed E-state index contributed by atoms with van der Waals surface area (Å²) in [5, 5.41) is 17.3. The first-order valence-electron chi connectivity index (χ1n) is 10.5. The second kappa shape index (κ2) is 8.52. The number of anilines is 3. The largest absolute Gasteiger partial charge is 0.374 e. The Morgan fingerprint density at radius 1 is 1.09 bits per heavy atom. The van der Waals surface area contributed by atoms with Gasteiger partial charge in [-0.1, -0.05) is 23.7 Å². The van der Waals surface area contributed by atoms with Crippen LogP contribution in [0.15, 0.2) is 59.8 Å². The maximum Gasteiger partial charge on any atom is 0.252 e. The molecule has 1 fully saturated rings. The molecule has 0 amide bonds. The molecule has 1 aliphatic rings. The van der Waals surface area contributed by atoms with Crippen LogP contribution in [-0.2, 0) is 7.05 Å². The van der Waals surface area contributed by atoms with E-state index in [1.807, 2.05) is 18.2 Å². The van der Waals surface area contributed by atoms with Crippen LogP contribution in [0.1, 0.15) is 30.3 Å². The van der Waals surface area contributed by atoms with Gasteiger partial charge >= 0.3 is 0 Å². The number of para-hydroxylation sites is 1. The number of hydrogen-bond acceptors (Lipinski definition) is 7. The van der Waals surface area contributed by atoms with Crippen molar-refractivity contribution in [2.45, 2.75) is 18.9 Å². The Morgan fingerprint density at radius 2 is 1.88 bits per heavy atom. The van der Waals surface area contributed by atoms with Crippen molar-refractivity contribution in [1.29, 1.82) is 5.26 Å². The van der Waals surface area contributed by atoms with E-state index >= 15 is 0 Å². The SMILES string of the molecule is Cn1c(=O)cc(NC(c2ncccn2)C2CC2)c2cccc(Nc3ccnc(Cl)c3C#N)c21. The Bertz CT molecular complexity index is 1440. The predicted octanol–water partition coefficient (Wildman–Crippen LogP) is 4.56. The molecular weight excluding hydrogens is 438 g/mol. The zero-order chi connectivity index (χ0) is 22.9. The fourth-order valence-electron chi connectivity index (χ4n) is 4.00. The zero-order valence-electron chi connectivity index (χ0n) is 17.8. The van der Waals surface area contributed by atoms with Gasteiger partial charge in [0.15, 0.2) is 5.82 Å². The lowest BCUT2D eigenvalue weighted by atomic mass is 10.1. The predicted molar refractivity (Wildman–Crippen MR) is 128 cm³/mol. The standard InChI is InChI=1S/C24H20ClN7O/c1-32-20(33)12-19(31-21(14-6-7-14)24-28-9-3-10-29-24)15-4-2-5-18(22(15)32)30-17-8-11-27-23(25)16(17)13-26/h2-5,8-12,14,21,31H,6-7H2,1H3,(H,27,30). The third-order valence-corrected chi connectivity index (χ3v) is 6.10. The van der Waals surface area contributed by atoms with Gasteiger partial charge in [-0.25, -0.2) is 15.0 Å². The van der Waals surface area contributed by atoms with Gasteiger partial charge in [-0.15, -0.1) is 0 Å². The van der Waals surface area contributed by atoms with Crippen molar-refractivity contribution in [3.63, 3.8) is 0 Å². The monoisotopic (exact) mass is 457 g/mol. The summed E-state index contributed by atoms with van der Waals surface area (Å²) >= 11 is 6.10. The molecule has 8 nitrogen and oxygen atoms in total. The summed E-state index contributed by atoms with van der Waals surface area (Å²) in [5.41, 5.74) is 2.70. The van der Waals surface area contributed by atoms with Gasteiger partial charge in [-0.2, -0.15) is 5.26 Å². The zero-order valence-corrected chi connectivity index (χ0v) is 18.5. The first kappa shape index (κ1) is 20.9. The molecular formula is C24H20ClN7O. The van der Waals surface area contributed by atoms with Crippen LogP contribution < -0.4 is 16.2 Å². The van der Waals surface area contributed by atoms with Crippen LogP contribution in [0.4, 0.5) is 17.1 Å². The van der Waals surface area contributed by atoms with E-state index in [2.05, 4.69) is 31.7 Å². The number of aryl methyl sites for hydroxylation is 1. The molecule has 1 unspecified atom stereocenters. The molecule has 1 atom stereocenters. The van der Waals surface area contributed by atoms with Crippen LogP contribution in [0.2, 0.25) is 5.15 Å². The fraction of sp³-hybridized carbons (Fsp3) is 0.208. The number of nitrogens with one attached hydrogen (secondary N) is 2. The summed E-state index contributed by atoms with van der Waals surface area (Å²) in [7, 11) is 1.73. The van der Waals surface area contributed by atoms with Gasteiger partial charge in [0.05, 0.1) is 22.9 Å². The van der Waals surface area contributed by atoms with Crippen molar-refractivity contribution in [1.82, 2.24) is 19.5 Å². The number of pyridine rings is 2. The van der Waals surface area contributed by atoms with Crippen LogP contribution >= 0.6 is 11.6 Å². The average Bonchev–Trinajstić information content (AvgIpc) is 3.66. The van der Waals surface area contributed by atoms with E-state index in [-0.39, 0.29) is 22.3 Å². The summed E-state index contributed by atoms with van der Waals surface area (Å²) < 4.78 is 1.59. The number of fused-ring (bicyclic) bond motifs is 1. The summed E-state index contributed by atoms with van der Waals surface area (Å²) in [6.07, 6.45) is 7.17. The third kappa shape index (κ3) is 3.99. The van der Waals surface area contributed by atoms with E-state index in [4.69, 9.17) is 11.6 Å². The number of halogens is 1. The second-order valence-corrected chi connectivity index (χ2v) is 8.34. The number of nitriles is 1. The van der Waals surface area contributed by atoms with Crippen LogP contribution in [0, 0.1) is 17.2 Å². The Labute approximate surface area is 194 Å². The molecule has 3 heterocycles. The summed E-state index contributed by atoms with van der Waals surface area (Å²) in [5.74, 6) is 1.14. The van der Waals surface area contributed by atoms with Crippen molar-refractivity contribution in [3.05, 3.63) is 81.9 Å². The van der Waals surface area contributed by atoms with Gasteiger partial charge in [0, 0.05) is 42.8 Å². The minimum atomic E-state index is -0.156. The van der Waals surface area contributed by atoms with E-state index in [0.29, 0.717) is 28.6 Å². The molecule has 0 saturated heterocycles. The Hall–Kier alpha value is -3.96. The van der Waals surface area contributed by atoms with Gasteiger partial charge in [0.1, 0.15) is 16.8 Å². The van der Waals surface area contributed by atoms with Gasteiger partial charge in [0.25, 0.3) is 5.56 Å². The second-order valence-electron chi connectivity index (χ2n) is 7.98. The molecule has 1 aromatic carbocycles. The molecule has 0 radical (unpaired) electrons. The molecule has 1 aliphatic carbocycles. The molecule has 5 rings (SSSR count). The highest BCUT2D eigenvalue weighted by Crippen LogP contribution is 2.42. The van der Waals surface area contributed by atoms with Crippen LogP contribution in [0.25, 0.3) is 10.9 Å². The molecule has 4 aromatic rings. The maximum absolute atomic E-state index is 12.9. The van der Waals surface area contributed by atoms with Crippen LogP contribution in [0.3, 0.4) is 0 Å². The lowest BCUT2D eigenvalue weighted by Gasteiger charge is -2.21. The molecule has 0 spiro atoms. The van der Waals surface area contributed by atoms with Crippen molar-refractivity contribution in [3.8, 4) is 6.07 Å². The van der Waals surface area contributed by atoms with Gasteiger partial charge in [-0.3, -0.25) is 4.79 Å². The van der Waals surface area contributed by atoms with Crippen LogP contribution in [0.5, 0.6) is 0 Å². The Kier molecular flexibility index (Phi) is 5.40. The number of hydrogen-bond donors (Lipinski definition) is 2. The highest BCUT2D eigenvalue weighted by molar-refractivity contribution is 6.31. The lowest BCUT2D eigenvalue weighted by Crippen LogP contribution is -2.21. The molecule has 2 N–H and O–H groups in total. The average molecular weight is 458 g/mol. The Balaban J connectivity index is 1.61. The number of rotatable bonds is 6. The first-order chi connectivity index (χ1) is 16.1. The molecule has 0 aliphatic heterocycles.